The van der Waals surface area contributed by atoms with Gasteiger partial charge in [0, 0.05) is 77.2 Å². The Morgan fingerprint density at radius 3 is 1.01 bits per heavy atom. The van der Waals surface area contributed by atoms with Crippen molar-refractivity contribution in [3.63, 3.8) is 0 Å². The molecule has 0 aliphatic carbocycles. The van der Waals surface area contributed by atoms with Crippen molar-refractivity contribution in [3.8, 4) is 11.1 Å². The van der Waals surface area contributed by atoms with Crippen LogP contribution in [0.5, 0.6) is 0 Å². The number of nitro benzene ring substituents is 2. The predicted molar refractivity (Wildman–Crippen MR) is 571 cm³/mol. The second-order valence-electron chi connectivity index (χ2n) is 26.4. The zero-order valence-corrected chi connectivity index (χ0v) is 84.5. The fraction of sp³-hybridized carbons (Fsp3) is 0.250. The van der Waals surface area contributed by atoms with Crippen molar-refractivity contribution in [1.29, 1.82) is 0 Å². The number of benzene rings is 14. The van der Waals surface area contributed by atoms with Gasteiger partial charge in [0.05, 0.1) is 46.5 Å². The number of furan rings is 4. The average molecular weight is 1880 g/mol. The third-order valence-corrected chi connectivity index (χ3v) is 22.9. The Balaban J connectivity index is 0.000000314. The lowest BCUT2D eigenvalue weighted by Crippen LogP contribution is -2.41. The van der Waals surface area contributed by atoms with Crippen molar-refractivity contribution in [1.82, 2.24) is 4.98 Å². The molecule has 0 saturated carbocycles. The number of nitrogens with one attached hydrogen (secondary N) is 1. The molecule has 5 aromatic heterocycles. The summed E-state index contributed by atoms with van der Waals surface area (Å²) in [6.07, 6.45) is 0. The Kier molecular flexibility index (Phi) is 49.2. The topological polar surface area (TPSA) is 173 Å². The van der Waals surface area contributed by atoms with E-state index in [1.165, 1.54) is 55.0 Å². The zero-order chi connectivity index (χ0) is 95.8. The number of nitro groups is 2. The smallest absolute Gasteiger partial charge is 0.456 e. The quantitative estimate of drug-likeness (QED) is 0.0700. The van der Waals surface area contributed by atoms with Crippen LogP contribution in [-0.4, -0.2) is 33.2 Å². The average Bonchev–Trinajstić information content (AvgIpc) is 1.59. The summed E-state index contributed by atoms with van der Waals surface area (Å²) in [7, 11) is -0.854. The van der Waals surface area contributed by atoms with Crippen LogP contribution in [0.4, 0.5) is 11.4 Å². The van der Waals surface area contributed by atoms with Gasteiger partial charge in [-0.05, 0) is 144 Å². The summed E-state index contributed by atoms with van der Waals surface area (Å²) < 4.78 is 37.7. The molecule has 1 aliphatic rings. The van der Waals surface area contributed by atoms with Crippen LogP contribution in [0.25, 0.3) is 121 Å². The molecule has 17 heteroatoms. The number of fused-ring (bicyclic) bond motifs is 16. The van der Waals surface area contributed by atoms with Crippen LogP contribution in [0.15, 0.2) is 354 Å². The van der Waals surface area contributed by atoms with Crippen LogP contribution in [-0.2, 0) is 9.31 Å². The molecule has 129 heavy (non-hydrogen) atoms. The second-order valence-corrected chi connectivity index (χ2v) is 30.3. The summed E-state index contributed by atoms with van der Waals surface area (Å²) in [5, 5.41) is 36.9. The van der Waals surface area contributed by atoms with Crippen molar-refractivity contribution in [2.75, 3.05) is 0 Å². The van der Waals surface area contributed by atoms with Crippen LogP contribution in [0.3, 0.4) is 0 Å². The molecule has 20 rings (SSSR count). The molecule has 0 amide bonds. The van der Waals surface area contributed by atoms with Crippen molar-refractivity contribution in [2.24, 2.45) is 0 Å². The number of para-hydroxylation sites is 10. The lowest BCUT2D eigenvalue weighted by atomic mass is 9.78. The normalized spacial score (nSPS) is 11.2. The number of nitrogens with zero attached hydrogens (tertiary/aromatic N) is 2. The highest BCUT2D eigenvalue weighted by Crippen LogP contribution is 2.43. The van der Waals surface area contributed by atoms with Gasteiger partial charge in [0.25, 0.3) is 11.4 Å². The molecule has 13 nitrogen and oxygen atoms in total. The van der Waals surface area contributed by atoms with Gasteiger partial charge in [0.2, 0.25) is 0 Å². The van der Waals surface area contributed by atoms with E-state index in [-0.39, 0.29) is 27.5 Å². The van der Waals surface area contributed by atoms with Crippen molar-refractivity contribution < 1.29 is 36.8 Å². The van der Waals surface area contributed by atoms with E-state index in [1.807, 2.05) is 274 Å². The van der Waals surface area contributed by atoms with E-state index in [0.717, 1.165) is 92.5 Å². The fourth-order valence-electron chi connectivity index (χ4n) is 13.4. The molecule has 19 aromatic rings. The van der Waals surface area contributed by atoms with Gasteiger partial charge in [0.15, 0.2) is 0 Å². The molecule has 0 unspecified atom stereocenters. The Bertz CT molecular complexity index is 6330. The highest BCUT2D eigenvalue weighted by Gasteiger charge is 2.52. The molecule has 0 radical (unpaired) electrons. The molecule has 0 spiro atoms. The number of H-pyrrole nitrogens is 1. The predicted octanol–water partition coefficient (Wildman–Crippen LogP) is 35.7. The van der Waals surface area contributed by atoms with E-state index in [2.05, 4.69) is 222 Å². The summed E-state index contributed by atoms with van der Waals surface area (Å²) in [6.45, 7) is 52.2. The maximum atomic E-state index is 11.3. The molecular formula is C112H133BBr2N3O10P. The number of halogens is 2. The lowest BCUT2D eigenvalue weighted by Gasteiger charge is -2.32. The molecule has 678 valence electrons. The van der Waals surface area contributed by atoms with Crippen LogP contribution >= 0.6 is 39.8 Å². The Hall–Kier alpha value is -11.7. The largest absolute Gasteiger partial charge is 0.498 e. The highest BCUT2D eigenvalue weighted by atomic mass is 79.9. The summed E-state index contributed by atoms with van der Waals surface area (Å²) >= 11 is 6.54. The number of hydrogen-bond donors (Lipinski definition) is 1. The van der Waals surface area contributed by atoms with Crippen molar-refractivity contribution in [2.45, 2.75) is 191 Å². The zero-order valence-electron chi connectivity index (χ0n) is 80.4. The second kappa shape index (κ2) is 57.9. The molecule has 6 heterocycles. The number of rotatable bonds is 7. The molecule has 1 aliphatic heterocycles. The van der Waals surface area contributed by atoms with Gasteiger partial charge in [-0.1, -0.05) is 407 Å². The summed E-state index contributed by atoms with van der Waals surface area (Å²) in [4.78, 5) is 24.1. The van der Waals surface area contributed by atoms with Gasteiger partial charge < -0.3 is 32.0 Å². The summed E-state index contributed by atoms with van der Waals surface area (Å²) in [6, 6.07) is 108. The van der Waals surface area contributed by atoms with E-state index in [0.29, 0.717) is 15.6 Å². The van der Waals surface area contributed by atoms with Gasteiger partial charge in [-0.2, -0.15) is 0 Å². The van der Waals surface area contributed by atoms with Crippen LogP contribution in [0, 0.1) is 20.2 Å². The minimum atomic E-state index is -0.446. The van der Waals surface area contributed by atoms with Gasteiger partial charge in [-0.3, -0.25) is 20.2 Å². The van der Waals surface area contributed by atoms with E-state index in [1.54, 1.807) is 36.4 Å². The minimum Gasteiger partial charge on any atom is -0.456 e. The summed E-state index contributed by atoms with van der Waals surface area (Å²) in [5.74, 6) is 0. The Morgan fingerprint density at radius 1 is 0.279 bits per heavy atom. The molecule has 14 aromatic carbocycles. The molecule has 0 bridgehead atoms. The maximum Gasteiger partial charge on any atom is 0.498 e. The van der Waals surface area contributed by atoms with Crippen LogP contribution < -0.4 is 21.4 Å². The van der Waals surface area contributed by atoms with E-state index >= 15 is 0 Å². The molecular weight excluding hydrogens is 1750 g/mol. The van der Waals surface area contributed by atoms with E-state index in [9.17, 15) is 20.2 Å². The first kappa shape index (κ1) is 110. The fourth-order valence-corrected chi connectivity index (χ4v) is 16.5. The van der Waals surface area contributed by atoms with E-state index in [4.69, 9.17) is 27.0 Å². The summed E-state index contributed by atoms with van der Waals surface area (Å²) in [5.41, 5.74) is 11.0. The highest BCUT2D eigenvalue weighted by molar-refractivity contribution is 9.11. The Morgan fingerprint density at radius 2 is 0.581 bits per heavy atom. The molecule has 1 saturated heterocycles. The third kappa shape index (κ3) is 27.4. The number of aromatic nitrogens is 1. The van der Waals surface area contributed by atoms with Gasteiger partial charge in [-0.15, -0.1) is 0 Å². The molecule has 1 N–H and O–H groups in total. The first-order chi connectivity index (χ1) is 63.1. The monoisotopic (exact) mass is 1880 g/mol. The van der Waals surface area contributed by atoms with Gasteiger partial charge in [0.1, 0.15) is 44.7 Å². The molecule has 0 atom stereocenters. The maximum absolute atomic E-state index is 11.3. The SMILES string of the molecule is Brc1cccc2c1oc1ccccc12.CC.CC.CC.CC.CC.CC.CC.CC.CC.CC.CC.CC1(C)OB(c2cccc3c2oc2ccccc23)OC1(C)C.O=[N+]([O-])c1ccccc1-c1cccc2c1oc1ccccc12.O=[N+]([O-])c1ccccc1Br.c1ccc(P(c2ccccc2)c2ccccc2)cc1.c1ccc2c(c1)[nH]c1ccc3c4ccccc4oc3c12. The first-order valence-electron chi connectivity index (χ1n) is 45.7. The van der Waals surface area contributed by atoms with Crippen molar-refractivity contribution >= 4 is 189 Å². The number of hydrogen-bond acceptors (Lipinski definition) is 10. The lowest BCUT2D eigenvalue weighted by molar-refractivity contribution is -0.385. The van der Waals surface area contributed by atoms with E-state index < -0.39 is 20.0 Å². The van der Waals surface area contributed by atoms with Crippen LogP contribution in [0.2, 0.25) is 0 Å². The standard InChI is InChI=1S/C18H19BO3.C18H11NO3.C18H11NO.C18H15P.C12H7BrO.C6H4BrNO2.11C2H6/c1-17(2)18(3,4)22-19(21-17)14-10-7-9-13-12-8-5-6-11-15(12)20-16(13)14;20-19(21)16-10-3-1-6-12(16)14-8-5-9-15-13-7-2-4-11-17(13)22-18(14)15;1-3-7-14-13(6-1)17-15(19-14)10-9-12-11-5-2-4-8-16(11)20-18(12)17;1-4-10-16(11-5-1)19(17-12-6-2-7-13-17)18-14-8-3-9-15-18;13-10-6-3-5-9-8-4-1-2-7-11(8)14-12(9)10;7-5-3-1-2-4-6(5)8(9)10;11*1-2/h5-11H,1-4H3;1-11H;1-10,19H;1-15H;1-7H;1-4H;11*1-2H3. The Labute approximate surface area is 784 Å². The van der Waals surface area contributed by atoms with Crippen LogP contribution in [0.1, 0.15) is 180 Å². The first-order valence-corrected chi connectivity index (χ1v) is 48.6. The van der Waals surface area contributed by atoms with Gasteiger partial charge in [-0.25, -0.2) is 0 Å². The number of aromatic amines is 1. The van der Waals surface area contributed by atoms with Crippen molar-refractivity contribution in [3.05, 3.63) is 357 Å². The minimum absolute atomic E-state index is 0.0791. The third-order valence-electron chi connectivity index (χ3n) is 19.2. The van der Waals surface area contributed by atoms with Gasteiger partial charge >= 0.3 is 7.12 Å². The molecule has 1 fully saturated rings.